The molecule has 86 valence electrons. The van der Waals surface area contributed by atoms with Crippen molar-refractivity contribution in [3.05, 3.63) is 18.2 Å². The minimum atomic E-state index is -1.00. The van der Waals surface area contributed by atoms with Crippen LogP contribution in [0.15, 0.2) is 12.5 Å². The van der Waals surface area contributed by atoms with Crippen molar-refractivity contribution < 1.29 is 9.90 Å². The van der Waals surface area contributed by atoms with E-state index in [0.29, 0.717) is 13.1 Å². The Hall–Kier alpha value is -1.44. The summed E-state index contributed by atoms with van der Waals surface area (Å²) in [7, 11) is 0. The van der Waals surface area contributed by atoms with E-state index in [-0.39, 0.29) is 6.42 Å². The van der Waals surface area contributed by atoms with Crippen LogP contribution < -0.4 is 17.2 Å². The molecular weight excluding hydrogens is 198 g/mol. The highest BCUT2D eigenvalue weighted by Crippen LogP contribution is 1.95. The highest BCUT2D eigenvalue weighted by molar-refractivity contribution is 5.73. The number of aromatic amines is 1. The lowest BCUT2D eigenvalue weighted by Gasteiger charge is -2.02. The van der Waals surface area contributed by atoms with E-state index in [1.165, 1.54) is 6.33 Å². The largest absolute Gasteiger partial charge is 0.480 e. The van der Waals surface area contributed by atoms with Gasteiger partial charge in [-0.15, -0.1) is 0 Å². The summed E-state index contributed by atoms with van der Waals surface area (Å²) in [5, 5.41) is 8.42. The Kier molecular flexibility index (Phi) is 7.16. The number of nitrogens with two attached hydrogens (primary N) is 3. The third kappa shape index (κ3) is 6.61. The molecule has 0 unspecified atom stereocenters. The molecule has 0 fully saturated rings. The van der Waals surface area contributed by atoms with Crippen molar-refractivity contribution in [2.24, 2.45) is 17.2 Å². The Morgan fingerprint density at radius 1 is 1.53 bits per heavy atom. The van der Waals surface area contributed by atoms with Gasteiger partial charge in [-0.1, -0.05) is 0 Å². The average molecular weight is 215 g/mol. The second-order valence-electron chi connectivity index (χ2n) is 2.80. The molecule has 0 aliphatic carbocycles. The van der Waals surface area contributed by atoms with Crippen LogP contribution in [0.3, 0.4) is 0 Å². The third-order valence-corrected chi connectivity index (χ3v) is 1.48. The molecule has 0 amide bonds. The molecule has 0 radical (unpaired) electrons. The minimum absolute atomic E-state index is 0.287. The lowest BCUT2D eigenvalue weighted by atomic mass is 10.2. The average Bonchev–Trinajstić information content (AvgIpc) is 2.70. The fourth-order valence-electron chi connectivity index (χ4n) is 0.721. The summed E-state index contributed by atoms with van der Waals surface area (Å²) in [6.07, 6.45) is 3.34. The normalized spacial score (nSPS) is 11.4. The number of hydrogen-bond acceptors (Lipinski definition) is 5. The molecule has 0 spiro atoms. The van der Waals surface area contributed by atoms with Crippen molar-refractivity contribution in [2.75, 3.05) is 13.1 Å². The molecule has 1 aromatic rings. The van der Waals surface area contributed by atoms with E-state index in [1.807, 2.05) is 0 Å². The molecule has 0 bridgehead atoms. The standard InChI is InChI=1S/C6H9N3O2.C2H8N2/c7-5(6(10)11)1-4-2-8-3-9-4;3-1-2-4/h2-3,5H,1,7H2,(H,8,9)(H,10,11);1-4H2/t5-;/m0./s1. The Balaban J connectivity index is 0.000000423. The number of aliphatic carboxylic acids is 1. The van der Waals surface area contributed by atoms with E-state index >= 15 is 0 Å². The molecule has 0 aliphatic heterocycles. The molecule has 7 nitrogen and oxygen atoms in total. The predicted molar refractivity (Wildman–Crippen MR) is 56.0 cm³/mol. The van der Waals surface area contributed by atoms with Crippen molar-refractivity contribution >= 4 is 5.97 Å². The van der Waals surface area contributed by atoms with E-state index in [2.05, 4.69) is 9.97 Å². The number of carbonyl (C=O) groups is 1. The Morgan fingerprint density at radius 3 is 2.47 bits per heavy atom. The fourth-order valence-corrected chi connectivity index (χ4v) is 0.721. The maximum Gasteiger partial charge on any atom is 0.320 e. The minimum Gasteiger partial charge on any atom is -0.480 e. The number of carboxylic acids is 1. The van der Waals surface area contributed by atoms with Gasteiger partial charge in [0.25, 0.3) is 0 Å². The third-order valence-electron chi connectivity index (χ3n) is 1.48. The number of aromatic nitrogens is 2. The van der Waals surface area contributed by atoms with E-state index in [0.717, 1.165) is 5.69 Å². The topological polar surface area (TPSA) is 144 Å². The molecule has 0 aliphatic rings. The van der Waals surface area contributed by atoms with Gasteiger partial charge >= 0.3 is 5.97 Å². The first-order chi connectivity index (χ1) is 7.11. The molecule has 8 N–H and O–H groups in total. The molecule has 15 heavy (non-hydrogen) atoms. The van der Waals surface area contributed by atoms with Crippen LogP contribution in [0.5, 0.6) is 0 Å². The second-order valence-corrected chi connectivity index (χ2v) is 2.80. The maximum absolute atomic E-state index is 10.3. The summed E-state index contributed by atoms with van der Waals surface area (Å²) >= 11 is 0. The molecule has 1 heterocycles. The molecular formula is C8H17N5O2. The summed E-state index contributed by atoms with van der Waals surface area (Å²) in [5.74, 6) is -1.00. The predicted octanol–water partition coefficient (Wildman–Crippen LogP) is -1.73. The van der Waals surface area contributed by atoms with Gasteiger partial charge in [0.05, 0.1) is 6.33 Å². The van der Waals surface area contributed by atoms with Gasteiger partial charge < -0.3 is 27.3 Å². The van der Waals surface area contributed by atoms with Crippen LogP contribution in [-0.2, 0) is 11.2 Å². The van der Waals surface area contributed by atoms with Crippen LogP contribution in [0, 0.1) is 0 Å². The van der Waals surface area contributed by atoms with Crippen LogP contribution in [0.2, 0.25) is 0 Å². The SMILES string of the molecule is NCCN.N[C@@H](Cc1cnc[nH]1)C(=O)O. The number of imidazole rings is 1. The van der Waals surface area contributed by atoms with E-state index < -0.39 is 12.0 Å². The zero-order valence-corrected chi connectivity index (χ0v) is 8.39. The van der Waals surface area contributed by atoms with E-state index in [9.17, 15) is 4.79 Å². The van der Waals surface area contributed by atoms with Crippen molar-refractivity contribution in [2.45, 2.75) is 12.5 Å². The van der Waals surface area contributed by atoms with Crippen LogP contribution in [0.1, 0.15) is 5.69 Å². The van der Waals surface area contributed by atoms with Gasteiger partial charge in [-0.2, -0.15) is 0 Å². The molecule has 0 saturated heterocycles. The summed E-state index contributed by atoms with van der Waals surface area (Å²) < 4.78 is 0. The van der Waals surface area contributed by atoms with Crippen molar-refractivity contribution in [1.82, 2.24) is 9.97 Å². The van der Waals surface area contributed by atoms with Gasteiger partial charge in [0, 0.05) is 31.4 Å². The highest BCUT2D eigenvalue weighted by Gasteiger charge is 2.11. The van der Waals surface area contributed by atoms with Gasteiger partial charge in [0.1, 0.15) is 6.04 Å². The molecule has 1 atom stereocenters. The van der Waals surface area contributed by atoms with Gasteiger partial charge in [-0.3, -0.25) is 4.79 Å². The monoisotopic (exact) mass is 215 g/mol. The summed E-state index contributed by atoms with van der Waals surface area (Å²) in [6.45, 7) is 1.19. The van der Waals surface area contributed by atoms with Gasteiger partial charge in [-0.05, 0) is 0 Å². The van der Waals surface area contributed by atoms with Crippen molar-refractivity contribution in [3.63, 3.8) is 0 Å². The van der Waals surface area contributed by atoms with E-state index in [1.54, 1.807) is 6.20 Å². The van der Waals surface area contributed by atoms with Gasteiger partial charge in [0.15, 0.2) is 0 Å². The lowest BCUT2D eigenvalue weighted by molar-refractivity contribution is -0.138. The summed E-state index contributed by atoms with van der Waals surface area (Å²) in [6, 6.07) is -0.851. The Labute approximate surface area is 87.7 Å². The maximum atomic E-state index is 10.3. The molecule has 1 aromatic heterocycles. The number of hydrogen-bond donors (Lipinski definition) is 5. The molecule has 7 heteroatoms. The molecule has 0 aromatic carbocycles. The smallest absolute Gasteiger partial charge is 0.320 e. The first-order valence-corrected chi connectivity index (χ1v) is 4.47. The first kappa shape index (κ1) is 13.6. The Morgan fingerprint density at radius 2 is 2.13 bits per heavy atom. The number of rotatable bonds is 4. The highest BCUT2D eigenvalue weighted by atomic mass is 16.4. The molecule has 0 saturated carbocycles. The van der Waals surface area contributed by atoms with E-state index in [4.69, 9.17) is 22.3 Å². The summed E-state index contributed by atoms with van der Waals surface area (Å²) in [4.78, 5) is 16.8. The van der Waals surface area contributed by atoms with Crippen LogP contribution in [0.4, 0.5) is 0 Å². The molecule has 1 rings (SSSR count). The van der Waals surface area contributed by atoms with Crippen LogP contribution in [0.25, 0.3) is 0 Å². The number of nitrogens with zero attached hydrogens (tertiary/aromatic N) is 1. The van der Waals surface area contributed by atoms with Gasteiger partial charge in [0.2, 0.25) is 0 Å². The first-order valence-electron chi connectivity index (χ1n) is 4.47. The number of carboxylic acid groups (broad SMARTS) is 1. The Bertz CT molecular complexity index is 260. The quantitative estimate of drug-likeness (QED) is 0.403. The second kappa shape index (κ2) is 7.92. The van der Waals surface area contributed by atoms with Crippen molar-refractivity contribution in [1.29, 1.82) is 0 Å². The summed E-state index contributed by atoms with van der Waals surface area (Å²) in [5.41, 5.74) is 15.8. The van der Waals surface area contributed by atoms with Crippen LogP contribution >= 0.6 is 0 Å². The zero-order chi connectivity index (χ0) is 11.7. The van der Waals surface area contributed by atoms with Crippen LogP contribution in [-0.4, -0.2) is 40.2 Å². The number of H-pyrrole nitrogens is 1. The fraction of sp³-hybridized carbons (Fsp3) is 0.500. The lowest BCUT2D eigenvalue weighted by Crippen LogP contribution is -2.32. The van der Waals surface area contributed by atoms with Crippen molar-refractivity contribution in [3.8, 4) is 0 Å². The number of nitrogens with one attached hydrogen (secondary N) is 1. The van der Waals surface area contributed by atoms with Gasteiger partial charge in [-0.25, -0.2) is 4.98 Å². The zero-order valence-electron chi connectivity index (χ0n) is 8.39.